The molecule has 5 aromatic carbocycles. The van der Waals surface area contributed by atoms with Crippen LogP contribution in [0.5, 0.6) is 0 Å². The molecule has 2 unspecified atom stereocenters. The molecule has 4 N–H and O–H groups in total. The molecule has 5 aromatic rings. The molecule has 0 fully saturated rings. The maximum atomic E-state index is 13.4. The Morgan fingerprint density at radius 2 is 0.897 bits per heavy atom. The number of amides is 4. The quantitative estimate of drug-likeness (QED) is 0.0484. The van der Waals surface area contributed by atoms with E-state index < -0.39 is 70.8 Å². The summed E-state index contributed by atoms with van der Waals surface area (Å²) in [6.07, 6.45) is -9.43. The van der Waals surface area contributed by atoms with Gasteiger partial charge in [-0.15, -0.1) is 0 Å². The summed E-state index contributed by atoms with van der Waals surface area (Å²) in [6.45, 7) is 5.26. The van der Waals surface area contributed by atoms with Gasteiger partial charge in [-0.2, -0.15) is 46.8 Å². The summed E-state index contributed by atoms with van der Waals surface area (Å²) in [6, 6.07) is 11.3. The third-order valence-corrected chi connectivity index (χ3v) is 10.4. The summed E-state index contributed by atoms with van der Waals surface area (Å²) in [4.78, 5) is 78.0. The second kappa shape index (κ2) is 21.5. The topological polar surface area (TPSA) is 200 Å². The van der Waals surface area contributed by atoms with Crippen molar-refractivity contribution < 1.29 is 55.1 Å². The lowest BCUT2D eigenvalue weighted by Crippen LogP contribution is -2.33. The number of ketones is 2. The van der Waals surface area contributed by atoms with Crippen LogP contribution in [-0.2, 0) is 31.5 Å². The van der Waals surface area contributed by atoms with Crippen LogP contribution in [0, 0.1) is 13.8 Å². The van der Waals surface area contributed by atoms with E-state index in [1.165, 1.54) is 36.4 Å². The third-order valence-electron chi connectivity index (χ3n) is 9.27. The van der Waals surface area contributed by atoms with E-state index in [0.29, 0.717) is 23.3 Å². The zero-order chi connectivity index (χ0) is 50.4. The lowest BCUT2D eigenvalue weighted by Gasteiger charge is -2.17. The van der Waals surface area contributed by atoms with Crippen molar-refractivity contribution in [3.05, 3.63) is 138 Å². The SMILES string of the molecule is CC(=O)C(N=Nc1cc(Cl)cc(C(=O)Nc2cc(C(F)(F)F)ccc2Cl)c1)C(=O)Nc1cc(C)c(NC(=O)C(N=Nc2cc(Cl)cc(C(=O)Nc3cc(C(F)(F)F)ccc3Cl)c2)C(C)=O)c(C)c1. The van der Waals surface area contributed by atoms with Crippen LogP contribution in [0.4, 0.5) is 60.5 Å². The van der Waals surface area contributed by atoms with Gasteiger partial charge in [0.15, 0.2) is 11.6 Å². The Kier molecular flexibility index (Phi) is 16.5. The van der Waals surface area contributed by atoms with Crippen molar-refractivity contribution in [3.63, 3.8) is 0 Å². The summed E-state index contributed by atoms with van der Waals surface area (Å²) in [5.74, 6) is -5.18. The van der Waals surface area contributed by atoms with Crippen molar-refractivity contribution in [2.75, 3.05) is 21.3 Å². The van der Waals surface area contributed by atoms with Crippen molar-refractivity contribution in [1.29, 1.82) is 0 Å². The molecule has 0 saturated heterocycles. The zero-order valence-corrected chi connectivity index (χ0v) is 38.3. The number of azo groups is 2. The molecule has 68 heavy (non-hydrogen) atoms. The van der Waals surface area contributed by atoms with E-state index in [0.717, 1.165) is 50.2 Å². The Balaban J connectivity index is 1.27. The Labute approximate surface area is 401 Å². The summed E-state index contributed by atoms with van der Waals surface area (Å²) >= 11 is 24.3. The van der Waals surface area contributed by atoms with Gasteiger partial charge in [-0.05, 0) is 124 Å². The van der Waals surface area contributed by atoms with Crippen LogP contribution in [-0.4, -0.2) is 47.3 Å². The first kappa shape index (κ1) is 52.2. The molecule has 24 heteroatoms. The number of nitrogens with one attached hydrogen (secondary N) is 4. The highest BCUT2D eigenvalue weighted by Crippen LogP contribution is 2.36. The molecule has 0 radical (unpaired) electrons. The fourth-order valence-electron chi connectivity index (χ4n) is 6.03. The Bertz CT molecular complexity index is 2910. The van der Waals surface area contributed by atoms with Gasteiger partial charge in [-0.25, -0.2) is 0 Å². The highest BCUT2D eigenvalue weighted by molar-refractivity contribution is 6.35. The maximum Gasteiger partial charge on any atom is 0.416 e. The fraction of sp³-hybridized carbons (Fsp3) is 0.182. The lowest BCUT2D eigenvalue weighted by atomic mass is 10.1. The minimum atomic E-state index is -4.71. The molecule has 0 aliphatic carbocycles. The molecule has 0 saturated carbocycles. The molecule has 5 rings (SSSR count). The summed E-state index contributed by atoms with van der Waals surface area (Å²) in [7, 11) is 0. The number of alkyl halides is 6. The second-order valence-electron chi connectivity index (χ2n) is 14.6. The van der Waals surface area contributed by atoms with E-state index in [9.17, 15) is 55.1 Å². The largest absolute Gasteiger partial charge is 0.416 e. The molecule has 354 valence electrons. The van der Waals surface area contributed by atoms with Crippen LogP contribution in [0.2, 0.25) is 20.1 Å². The van der Waals surface area contributed by atoms with Crippen molar-refractivity contribution in [2.45, 2.75) is 52.1 Å². The molecular formula is C44H32Cl4F6N8O6. The van der Waals surface area contributed by atoms with Crippen LogP contribution in [0.25, 0.3) is 0 Å². The number of halogens is 10. The average Bonchev–Trinajstić information content (AvgIpc) is 3.22. The molecule has 0 heterocycles. The number of hydrogen-bond donors (Lipinski definition) is 4. The molecule has 0 bridgehead atoms. The van der Waals surface area contributed by atoms with Gasteiger partial charge in [-0.1, -0.05) is 46.4 Å². The van der Waals surface area contributed by atoms with Crippen molar-refractivity contribution in [3.8, 4) is 0 Å². The summed E-state index contributed by atoms with van der Waals surface area (Å²) in [5.41, 5.74) is -2.24. The standard InChI is InChI=1S/C44H32Cl4F6N8O6/c1-19-9-29(55-41(67)37(21(3)63)61-59-30-13-23(11-27(45)17-30)39(65)56-34-15-25(43(49,50)51)5-7-32(34)47)10-20(2)36(19)58-42(68)38(22(4)64)62-60-31-14-24(12-28(46)18-31)40(66)57-35-16-26(44(52,53)54)6-8-33(35)48/h5-18,37-38H,1-4H3,(H,55,67)(H,56,65)(H,57,66)(H,58,68). The smallest absolute Gasteiger partial charge is 0.324 e. The number of carbonyl (C=O) groups is 6. The molecule has 2 atom stereocenters. The van der Waals surface area contributed by atoms with Gasteiger partial charge in [-0.3, -0.25) is 28.8 Å². The Morgan fingerprint density at radius 3 is 1.26 bits per heavy atom. The van der Waals surface area contributed by atoms with Gasteiger partial charge in [0.1, 0.15) is 0 Å². The fourth-order valence-corrected chi connectivity index (χ4v) is 6.82. The number of benzene rings is 5. The van der Waals surface area contributed by atoms with Crippen LogP contribution in [0.3, 0.4) is 0 Å². The maximum absolute atomic E-state index is 13.4. The van der Waals surface area contributed by atoms with E-state index >= 15 is 0 Å². The van der Waals surface area contributed by atoms with E-state index in [1.54, 1.807) is 13.8 Å². The minimum absolute atomic E-state index is 0.0495. The van der Waals surface area contributed by atoms with Crippen LogP contribution >= 0.6 is 46.4 Å². The molecule has 0 aromatic heterocycles. The second-order valence-corrected chi connectivity index (χ2v) is 16.3. The van der Waals surface area contributed by atoms with E-state index in [4.69, 9.17) is 46.4 Å². The van der Waals surface area contributed by atoms with Crippen molar-refractivity contribution in [1.82, 2.24) is 0 Å². The first-order valence-electron chi connectivity index (χ1n) is 19.2. The lowest BCUT2D eigenvalue weighted by molar-refractivity contribution is -0.138. The first-order valence-corrected chi connectivity index (χ1v) is 20.7. The third kappa shape index (κ3) is 13.7. The van der Waals surface area contributed by atoms with Crippen LogP contribution in [0.1, 0.15) is 56.8 Å². The van der Waals surface area contributed by atoms with Gasteiger partial charge in [0.2, 0.25) is 12.1 Å². The zero-order valence-electron chi connectivity index (χ0n) is 35.3. The predicted molar refractivity (Wildman–Crippen MR) is 243 cm³/mol. The van der Waals surface area contributed by atoms with E-state index in [2.05, 4.69) is 41.7 Å². The average molecular weight is 1020 g/mol. The van der Waals surface area contributed by atoms with Gasteiger partial charge in [0.25, 0.3) is 23.6 Å². The molecular weight excluding hydrogens is 992 g/mol. The van der Waals surface area contributed by atoms with Crippen LogP contribution < -0.4 is 21.3 Å². The number of nitrogens with zero attached hydrogens (tertiary/aromatic N) is 4. The molecule has 0 aliphatic heterocycles. The number of Topliss-reactive ketones (excluding diaryl/α,β-unsaturated/α-hetero) is 2. The number of carbonyl (C=O) groups excluding carboxylic acids is 6. The van der Waals surface area contributed by atoms with Crippen molar-refractivity contribution >= 4 is 116 Å². The van der Waals surface area contributed by atoms with Gasteiger partial charge >= 0.3 is 12.4 Å². The van der Waals surface area contributed by atoms with Crippen molar-refractivity contribution in [2.24, 2.45) is 20.5 Å². The number of anilines is 4. The van der Waals surface area contributed by atoms with Gasteiger partial charge in [0.05, 0.1) is 43.9 Å². The Hall–Kier alpha value is -6.74. The molecule has 4 amide bonds. The molecule has 0 spiro atoms. The first-order chi connectivity index (χ1) is 31.7. The number of rotatable bonds is 14. The van der Waals surface area contributed by atoms with Gasteiger partial charge in [0, 0.05) is 32.5 Å². The number of hydrogen-bond acceptors (Lipinski definition) is 10. The highest BCUT2D eigenvalue weighted by Gasteiger charge is 2.33. The summed E-state index contributed by atoms with van der Waals surface area (Å²) in [5, 5.41) is 24.8. The number of aryl methyl sites for hydroxylation is 2. The van der Waals surface area contributed by atoms with Gasteiger partial charge < -0.3 is 21.3 Å². The Morgan fingerprint density at radius 1 is 0.515 bits per heavy atom. The monoisotopic (exact) mass is 1020 g/mol. The van der Waals surface area contributed by atoms with E-state index in [-0.39, 0.29) is 65.3 Å². The summed E-state index contributed by atoms with van der Waals surface area (Å²) < 4.78 is 79.5. The highest BCUT2D eigenvalue weighted by atomic mass is 35.5. The minimum Gasteiger partial charge on any atom is -0.324 e. The predicted octanol–water partition coefficient (Wildman–Crippen LogP) is 12.8. The van der Waals surface area contributed by atoms with E-state index in [1.807, 2.05) is 0 Å². The molecule has 14 nitrogen and oxygen atoms in total. The van der Waals surface area contributed by atoms with Crippen LogP contribution in [0.15, 0.2) is 105 Å². The normalized spacial score (nSPS) is 12.7. The molecule has 0 aliphatic rings.